The Hall–Kier alpha value is -3.06. The number of ether oxygens (including phenoxy) is 2. The molecular weight excluding hydrogens is 432 g/mol. The van der Waals surface area contributed by atoms with Crippen molar-refractivity contribution < 1.29 is 23.9 Å². The Bertz CT molecular complexity index is 1020. The molecule has 2 aromatic carbocycles. The molecule has 3 rings (SSSR count). The lowest BCUT2D eigenvalue weighted by atomic mass is 9.99. The minimum absolute atomic E-state index is 0.0426. The van der Waals surface area contributed by atoms with E-state index in [1.807, 2.05) is 38.1 Å². The summed E-state index contributed by atoms with van der Waals surface area (Å²) in [7, 11) is 1.34. The van der Waals surface area contributed by atoms with Crippen LogP contribution < -0.4 is 15.4 Å². The number of amides is 2. The highest BCUT2D eigenvalue weighted by molar-refractivity contribution is 6.31. The monoisotopic (exact) mass is 458 g/mol. The minimum Gasteiger partial charge on any atom is -0.487 e. The topological polar surface area (TPSA) is 93.7 Å². The Balaban J connectivity index is 1.73. The molecule has 0 aromatic heterocycles. The molecule has 0 spiro atoms. The fraction of sp³-hybridized carbons (Fsp3) is 0.375. The Morgan fingerprint density at radius 1 is 1.19 bits per heavy atom. The van der Waals surface area contributed by atoms with Crippen LogP contribution in [0.5, 0.6) is 5.75 Å². The molecule has 32 heavy (non-hydrogen) atoms. The molecule has 0 bridgehead atoms. The summed E-state index contributed by atoms with van der Waals surface area (Å²) in [6.07, 6.45) is 0.334. The molecule has 7 nitrogen and oxygen atoms in total. The van der Waals surface area contributed by atoms with Crippen molar-refractivity contribution >= 4 is 29.4 Å². The zero-order chi connectivity index (χ0) is 23.4. The number of hydrogen-bond acceptors (Lipinski definition) is 5. The maximum absolute atomic E-state index is 12.6. The van der Waals surface area contributed by atoms with Gasteiger partial charge in [-0.05, 0) is 35.7 Å². The number of carbonyl (C=O) groups excluding carboxylic acids is 3. The Morgan fingerprint density at radius 3 is 2.47 bits per heavy atom. The van der Waals surface area contributed by atoms with Crippen LogP contribution in [-0.4, -0.2) is 43.6 Å². The number of methoxy groups -OCH3 is 1. The third kappa shape index (κ3) is 5.40. The van der Waals surface area contributed by atoms with Crippen molar-refractivity contribution in [2.24, 2.45) is 5.92 Å². The van der Waals surface area contributed by atoms with Gasteiger partial charge in [-0.3, -0.25) is 9.59 Å². The van der Waals surface area contributed by atoms with Crippen molar-refractivity contribution in [3.63, 3.8) is 0 Å². The number of rotatable bonds is 7. The SMILES string of the molecule is COC(=O)c1ccc(-c2cc(Cl)cc3c2O[C@@H](CNC(=O)[C@H](NC(C)=O)C(C)C)C3)cc1. The lowest BCUT2D eigenvalue weighted by Crippen LogP contribution is -2.50. The average molecular weight is 459 g/mol. The van der Waals surface area contributed by atoms with Gasteiger partial charge in [0.15, 0.2) is 0 Å². The lowest BCUT2D eigenvalue weighted by molar-refractivity contribution is -0.129. The van der Waals surface area contributed by atoms with E-state index in [0.29, 0.717) is 29.3 Å². The number of nitrogens with one attached hydrogen (secondary N) is 2. The number of esters is 1. The Morgan fingerprint density at radius 2 is 1.88 bits per heavy atom. The van der Waals surface area contributed by atoms with E-state index in [9.17, 15) is 14.4 Å². The molecule has 0 radical (unpaired) electrons. The molecule has 0 saturated heterocycles. The smallest absolute Gasteiger partial charge is 0.337 e. The van der Waals surface area contributed by atoms with Crippen molar-refractivity contribution in [3.05, 3.63) is 52.5 Å². The van der Waals surface area contributed by atoms with Crippen LogP contribution in [0.1, 0.15) is 36.7 Å². The maximum atomic E-state index is 12.6. The lowest BCUT2D eigenvalue weighted by Gasteiger charge is -2.22. The summed E-state index contributed by atoms with van der Waals surface area (Å²) >= 11 is 6.34. The van der Waals surface area contributed by atoms with Gasteiger partial charge in [-0.25, -0.2) is 4.79 Å². The third-order valence-corrected chi connectivity index (χ3v) is 5.51. The van der Waals surface area contributed by atoms with Crippen LogP contribution in [0.3, 0.4) is 0 Å². The molecule has 1 aliphatic heterocycles. The van der Waals surface area contributed by atoms with Crippen LogP contribution in [0.2, 0.25) is 5.02 Å². The number of halogens is 1. The van der Waals surface area contributed by atoms with Crippen molar-refractivity contribution in [3.8, 4) is 16.9 Å². The van der Waals surface area contributed by atoms with E-state index in [1.165, 1.54) is 14.0 Å². The van der Waals surface area contributed by atoms with Crippen LogP contribution in [0.4, 0.5) is 0 Å². The third-order valence-electron chi connectivity index (χ3n) is 5.29. The second kappa shape index (κ2) is 10.0. The summed E-state index contributed by atoms with van der Waals surface area (Å²) in [5.41, 5.74) is 3.07. The van der Waals surface area contributed by atoms with Gasteiger partial charge in [-0.2, -0.15) is 0 Å². The second-order valence-electron chi connectivity index (χ2n) is 8.12. The molecule has 2 aromatic rings. The van der Waals surface area contributed by atoms with Crippen molar-refractivity contribution in [2.45, 2.75) is 39.3 Å². The van der Waals surface area contributed by atoms with Crippen LogP contribution in [0.25, 0.3) is 11.1 Å². The normalized spacial score (nSPS) is 15.5. The first kappa shape index (κ1) is 23.6. The zero-order valence-corrected chi connectivity index (χ0v) is 19.3. The first-order valence-corrected chi connectivity index (χ1v) is 10.8. The largest absolute Gasteiger partial charge is 0.487 e. The van der Waals surface area contributed by atoms with Gasteiger partial charge in [0.05, 0.1) is 19.2 Å². The molecular formula is C24H27ClN2O5. The van der Waals surface area contributed by atoms with Gasteiger partial charge < -0.3 is 20.1 Å². The number of benzene rings is 2. The average Bonchev–Trinajstić information content (AvgIpc) is 3.17. The quantitative estimate of drug-likeness (QED) is 0.620. The fourth-order valence-corrected chi connectivity index (χ4v) is 3.95. The molecule has 0 fully saturated rings. The van der Waals surface area contributed by atoms with E-state index in [2.05, 4.69) is 10.6 Å². The molecule has 0 saturated carbocycles. The zero-order valence-electron chi connectivity index (χ0n) is 18.5. The van der Waals surface area contributed by atoms with Gasteiger partial charge in [0, 0.05) is 29.5 Å². The fourth-order valence-electron chi connectivity index (χ4n) is 3.70. The van der Waals surface area contributed by atoms with Crippen molar-refractivity contribution in [1.29, 1.82) is 0 Å². The molecule has 8 heteroatoms. The molecule has 0 aliphatic carbocycles. The summed E-state index contributed by atoms with van der Waals surface area (Å²) in [5, 5.41) is 6.15. The predicted octanol–water partition coefficient (Wildman–Crippen LogP) is 3.37. The Kier molecular flexibility index (Phi) is 7.40. The summed E-state index contributed by atoms with van der Waals surface area (Å²) in [5.74, 6) is -0.230. The van der Waals surface area contributed by atoms with Crippen molar-refractivity contribution in [2.75, 3.05) is 13.7 Å². The highest BCUT2D eigenvalue weighted by Crippen LogP contribution is 2.41. The molecule has 2 N–H and O–H groups in total. The molecule has 2 atom stereocenters. The molecule has 1 heterocycles. The highest BCUT2D eigenvalue weighted by atomic mass is 35.5. The number of carbonyl (C=O) groups is 3. The highest BCUT2D eigenvalue weighted by Gasteiger charge is 2.29. The standard InChI is InChI=1S/C24H27ClN2O5/c1-13(2)21(27-14(3)28)23(29)26-12-19-10-17-9-18(25)11-20(22(17)32-19)15-5-7-16(8-6-15)24(30)31-4/h5-9,11,13,19,21H,10,12H2,1-4H3,(H,26,29)(H,27,28)/t19-,21-/m1/s1. The molecule has 170 valence electrons. The molecule has 2 amide bonds. The van der Waals surface area contributed by atoms with Crippen LogP contribution in [0, 0.1) is 5.92 Å². The van der Waals surface area contributed by atoms with E-state index in [-0.39, 0.29) is 23.8 Å². The predicted molar refractivity (Wildman–Crippen MR) is 122 cm³/mol. The van der Waals surface area contributed by atoms with E-state index >= 15 is 0 Å². The first-order chi connectivity index (χ1) is 15.2. The van der Waals surface area contributed by atoms with Crippen LogP contribution in [-0.2, 0) is 20.7 Å². The first-order valence-electron chi connectivity index (χ1n) is 10.4. The molecule has 0 unspecified atom stereocenters. The summed E-state index contributed by atoms with van der Waals surface area (Å²) < 4.78 is 10.9. The number of fused-ring (bicyclic) bond motifs is 1. The minimum atomic E-state index is -0.602. The molecule has 1 aliphatic rings. The van der Waals surface area contributed by atoms with Gasteiger partial charge >= 0.3 is 5.97 Å². The number of hydrogen-bond donors (Lipinski definition) is 2. The van der Waals surface area contributed by atoms with Crippen molar-refractivity contribution in [1.82, 2.24) is 10.6 Å². The van der Waals surface area contributed by atoms with Gasteiger partial charge in [0.25, 0.3) is 0 Å². The van der Waals surface area contributed by atoms with Crippen LogP contribution >= 0.6 is 11.6 Å². The van der Waals surface area contributed by atoms with Gasteiger partial charge in [0.2, 0.25) is 11.8 Å². The summed E-state index contributed by atoms with van der Waals surface area (Å²) in [4.78, 5) is 35.7. The van der Waals surface area contributed by atoms with E-state index in [4.69, 9.17) is 21.1 Å². The van der Waals surface area contributed by atoms with E-state index in [1.54, 1.807) is 12.1 Å². The second-order valence-corrected chi connectivity index (χ2v) is 8.56. The summed E-state index contributed by atoms with van der Waals surface area (Å²) in [6.45, 7) is 5.45. The van der Waals surface area contributed by atoms with Gasteiger partial charge in [-0.15, -0.1) is 0 Å². The van der Waals surface area contributed by atoms with E-state index in [0.717, 1.165) is 16.7 Å². The van der Waals surface area contributed by atoms with Gasteiger partial charge in [-0.1, -0.05) is 37.6 Å². The van der Waals surface area contributed by atoms with Gasteiger partial charge in [0.1, 0.15) is 17.9 Å². The maximum Gasteiger partial charge on any atom is 0.337 e. The summed E-state index contributed by atoms with van der Waals surface area (Å²) in [6, 6.07) is 10.1. The Labute approximate surface area is 192 Å². The van der Waals surface area contributed by atoms with Crippen LogP contribution in [0.15, 0.2) is 36.4 Å². The van der Waals surface area contributed by atoms with E-state index < -0.39 is 12.0 Å².